The second kappa shape index (κ2) is 7.31. The fraction of sp³-hybridized carbons (Fsp3) is 0.429. The summed E-state index contributed by atoms with van der Waals surface area (Å²) in [6, 6.07) is 9.03. The smallest absolute Gasteiger partial charge is 0.275 e. The van der Waals surface area contributed by atoms with Gasteiger partial charge in [-0.3, -0.25) is 9.59 Å². The first-order valence-corrected chi connectivity index (χ1v) is 7.20. The maximum Gasteiger partial charge on any atom is 0.275 e. The fourth-order valence-electron chi connectivity index (χ4n) is 1.68. The molecule has 1 atom stereocenters. The third-order valence-corrected chi connectivity index (χ3v) is 3.78. The predicted molar refractivity (Wildman–Crippen MR) is 78.2 cm³/mol. The molecule has 0 fully saturated rings. The Bertz CT molecular complexity index is 428. The lowest BCUT2D eigenvalue weighted by molar-refractivity contribution is -0.143. The highest BCUT2D eigenvalue weighted by molar-refractivity contribution is 8.02. The van der Waals surface area contributed by atoms with E-state index in [0.717, 1.165) is 0 Å². The van der Waals surface area contributed by atoms with E-state index in [1.807, 2.05) is 25.1 Å². The van der Waals surface area contributed by atoms with Crippen LogP contribution in [0.5, 0.6) is 0 Å². The second-order valence-electron chi connectivity index (χ2n) is 3.86. The summed E-state index contributed by atoms with van der Waals surface area (Å²) < 4.78 is 5.47. The van der Waals surface area contributed by atoms with Crippen molar-refractivity contribution in [3.05, 3.63) is 30.3 Å². The summed E-state index contributed by atoms with van der Waals surface area (Å²) >= 11 is 1.20. The van der Waals surface area contributed by atoms with Gasteiger partial charge in [-0.05, 0) is 31.7 Å². The highest BCUT2D eigenvalue weighted by Gasteiger charge is 2.44. The van der Waals surface area contributed by atoms with E-state index in [-0.39, 0.29) is 5.78 Å². The van der Waals surface area contributed by atoms with E-state index in [9.17, 15) is 9.59 Å². The number of carbonyl (C=O) groups excluding carboxylic acids is 2. The van der Waals surface area contributed by atoms with Crippen molar-refractivity contribution in [2.24, 2.45) is 0 Å². The van der Waals surface area contributed by atoms with Crippen LogP contribution in [0.25, 0.3) is 0 Å². The summed E-state index contributed by atoms with van der Waals surface area (Å²) in [5.41, 5.74) is 0.648. The number of thioether (sulfide) groups is 1. The number of rotatable bonds is 7. The molecule has 5 heteroatoms. The van der Waals surface area contributed by atoms with E-state index in [2.05, 4.69) is 5.32 Å². The summed E-state index contributed by atoms with van der Waals surface area (Å²) in [6.45, 7) is 5.33. The van der Waals surface area contributed by atoms with Crippen LogP contribution in [0.1, 0.15) is 20.8 Å². The molecule has 0 aliphatic carbocycles. The van der Waals surface area contributed by atoms with Gasteiger partial charge in [-0.25, -0.2) is 0 Å². The molecule has 0 heterocycles. The number of para-hydroxylation sites is 1. The van der Waals surface area contributed by atoms with Crippen LogP contribution in [-0.2, 0) is 14.3 Å². The predicted octanol–water partition coefficient (Wildman–Crippen LogP) is 2.70. The molecule has 0 aromatic heterocycles. The minimum atomic E-state index is -1.46. The molecule has 0 saturated heterocycles. The zero-order valence-electron chi connectivity index (χ0n) is 11.4. The molecule has 1 amide bonds. The fourth-order valence-corrected chi connectivity index (χ4v) is 2.67. The summed E-state index contributed by atoms with van der Waals surface area (Å²) in [7, 11) is 0. The van der Waals surface area contributed by atoms with Gasteiger partial charge in [-0.2, -0.15) is 0 Å². The van der Waals surface area contributed by atoms with Crippen molar-refractivity contribution in [2.45, 2.75) is 25.7 Å². The first kappa shape index (κ1) is 15.7. The standard InChI is InChI=1S/C14H19NO3S/c1-4-18-14(11(3)16,19-5-2)13(17)15-12-9-7-6-8-10-12/h6-10H,4-5H2,1-3H3,(H,15,17). The van der Waals surface area contributed by atoms with Gasteiger partial charge in [0.2, 0.25) is 0 Å². The molecule has 4 nitrogen and oxygen atoms in total. The monoisotopic (exact) mass is 281 g/mol. The molecule has 0 radical (unpaired) electrons. The van der Waals surface area contributed by atoms with Crippen LogP contribution in [-0.4, -0.2) is 29.0 Å². The van der Waals surface area contributed by atoms with Gasteiger partial charge in [0.15, 0.2) is 5.78 Å². The molecule has 0 aliphatic heterocycles. The Kier molecular flexibility index (Phi) is 6.05. The van der Waals surface area contributed by atoms with Crippen molar-refractivity contribution in [2.75, 3.05) is 17.7 Å². The Hall–Kier alpha value is -1.33. The molecular formula is C14H19NO3S. The van der Waals surface area contributed by atoms with Crippen molar-refractivity contribution < 1.29 is 14.3 Å². The van der Waals surface area contributed by atoms with Crippen molar-refractivity contribution in [3.63, 3.8) is 0 Å². The Morgan fingerprint density at radius 3 is 2.37 bits per heavy atom. The summed E-state index contributed by atoms with van der Waals surface area (Å²) in [5, 5.41) is 2.73. The minimum Gasteiger partial charge on any atom is -0.349 e. The number of ketones is 1. The third kappa shape index (κ3) is 3.81. The number of ether oxygens (including phenoxy) is 1. The normalized spacial score (nSPS) is 13.6. The molecule has 1 aromatic carbocycles. The van der Waals surface area contributed by atoms with Crippen LogP contribution in [0.2, 0.25) is 0 Å². The van der Waals surface area contributed by atoms with Gasteiger partial charge in [0.1, 0.15) is 0 Å². The van der Waals surface area contributed by atoms with E-state index in [0.29, 0.717) is 18.0 Å². The van der Waals surface area contributed by atoms with Crippen molar-refractivity contribution >= 4 is 29.1 Å². The van der Waals surface area contributed by atoms with Crippen LogP contribution < -0.4 is 5.32 Å². The third-order valence-electron chi connectivity index (χ3n) is 2.49. The van der Waals surface area contributed by atoms with Gasteiger partial charge in [0.25, 0.3) is 10.8 Å². The average Bonchev–Trinajstić information content (AvgIpc) is 2.39. The Balaban J connectivity index is 2.96. The highest BCUT2D eigenvalue weighted by Crippen LogP contribution is 2.29. The molecule has 1 aromatic rings. The molecule has 0 spiro atoms. The molecule has 104 valence electrons. The van der Waals surface area contributed by atoms with E-state index < -0.39 is 10.8 Å². The summed E-state index contributed by atoms with van der Waals surface area (Å²) in [5.74, 6) is -0.114. The molecule has 1 unspecified atom stereocenters. The highest BCUT2D eigenvalue weighted by atomic mass is 32.2. The zero-order chi connectivity index (χ0) is 14.3. The first-order valence-electron chi connectivity index (χ1n) is 6.22. The molecular weight excluding hydrogens is 262 g/mol. The lowest BCUT2D eigenvalue weighted by Gasteiger charge is -2.28. The molecule has 0 saturated carbocycles. The number of benzene rings is 1. The number of carbonyl (C=O) groups is 2. The SMILES string of the molecule is CCOC(SCC)(C(C)=O)C(=O)Nc1ccccc1. The lowest BCUT2D eigenvalue weighted by Crippen LogP contribution is -2.48. The minimum absolute atomic E-state index is 0.297. The zero-order valence-corrected chi connectivity index (χ0v) is 12.3. The number of Topliss-reactive ketones (excluding diaryl/α,β-unsaturated/α-hetero) is 1. The number of hydrogen-bond donors (Lipinski definition) is 1. The molecule has 1 rings (SSSR count). The van der Waals surface area contributed by atoms with E-state index in [1.54, 1.807) is 19.1 Å². The quantitative estimate of drug-likeness (QED) is 0.616. The number of nitrogens with one attached hydrogen (secondary N) is 1. The van der Waals surface area contributed by atoms with E-state index >= 15 is 0 Å². The second-order valence-corrected chi connectivity index (χ2v) is 5.30. The van der Waals surface area contributed by atoms with Crippen LogP contribution in [0.15, 0.2) is 30.3 Å². The van der Waals surface area contributed by atoms with Crippen LogP contribution in [0.4, 0.5) is 5.69 Å². The van der Waals surface area contributed by atoms with Gasteiger partial charge >= 0.3 is 0 Å². The van der Waals surface area contributed by atoms with Crippen LogP contribution >= 0.6 is 11.8 Å². The molecule has 0 aliphatic rings. The summed E-state index contributed by atoms with van der Waals surface area (Å²) in [4.78, 5) is 22.8. The summed E-state index contributed by atoms with van der Waals surface area (Å²) in [6.07, 6.45) is 0. The Morgan fingerprint density at radius 1 is 1.26 bits per heavy atom. The largest absolute Gasteiger partial charge is 0.349 e. The van der Waals surface area contributed by atoms with Gasteiger partial charge in [0.05, 0.1) is 0 Å². The van der Waals surface area contributed by atoms with Crippen molar-refractivity contribution in [3.8, 4) is 0 Å². The number of anilines is 1. The number of hydrogen-bond acceptors (Lipinski definition) is 4. The average molecular weight is 281 g/mol. The van der Waals surface area contributed by atoms with Gasteiger partial charge in [-0.1, -0.05) is 25.1 Å². The molecule has 1 N–H and O–H groups in total. The maximum atomic E-state index is 12.4. The van der Waals surface area contributed by atoms with E-state index in [1.165, 1.54) is 18.7 Å². The van der Waals surface area contributed by atoms with Crippen molar-refractivity contribution in [1.82, 2.24) is 0 Å². The first-order chi connectivity index (χ1) is 9.06. The Labute approximate surface area is 117 Å². The van der Waals surface area contributed by atoms with Crippen LogP contribution in [0.3, 0.4) is 0 Å². The Morgan fingerprint density at radius 2 is 1.89 bits per heavy atom. The topological polar surface area (TPSA) is 55.4 Å². The van der Waals surface area contributed by atoms with Gasteiger partial charge in [0, 0.05) is 12.3 Å². The van der Waals surface area contributed by atoms with Crippen LogP contribution in [0, 0.1) is 0 Å². The van der Waals surface area contributed by atoms with Gasteiger partial charge < -0.3 is 10.1 Å². The van der Waals surface area contributed by atoms with E-state index in [4.69, 9.17) is 4.74 Å². The number of amides is 1. The maximum absolute atomic E-state index is 12.4. The van der Waals surface area contributed by atoms with Gasteiger partial charge in [-0.15, -0.1) is 11.8 Å². The van der Waals surface area contributed by atoms with Crippen molar-refractivity contribution in [1.29, 1.82) is 0 Å². The molecule has 19 heavy (non-hydrogen) atoms. The lowest BCUT2D eigenvalue weighted by atomic mass is 10.2. The molecule has 0 bridgehead atoms.